The second kappa shape index (κ2) is 8.40. The maximum Gasteiger partial charge on any atom is 0.255 e. The number of ketones is 2. The van der Waals surface area contributed by atoms with Crippen LogP contribution in [0.25, 0.3) is 5.76 Å². The smallest absolute Gasteiger partial charge is 0.255 e. The van der Waals surface area contributed by atoms with Crippen molar-refractivity contribution < 1.29 is 44.0 Å². The van der Waals surface area contributed by atoms with Crippen LogP contribution in [0.1, 0.15) is 17.5 Å². The molecule has 36 heavy (non-hydrogen) atoms. The van der Waals surface area contributed by atoms with Crippen molar-refractivity contribution in [1.82, 2.24) is 4.90 Å². The number of primary amides is 1. The van der Waals surface area contributed by atoms with Crippen LogP contribution in [0.15, 0.2) is 23.0 Å². The van der Waals surface area contributed by atoms with Crippen molar-refractivity contribution in [2.75, 3.05) is 26.0 Å². The first-order chi connectivity index (χ1) is 16.7. The zero-order chi connectivity index (χ0) is 26.9. The molecular weight excluding hydrogens is 479 g/mol. The fourth-order valence-electron chi connectivity index (χ4n) is 5.31. The number of fused-ring (bicyclic) bond motifs is 3. The molecule has 3 aliphatic rings. The summed E-state index contributed by atoms with van der Waals surface area (Å²) in [5, 5.41) is 46.0. The van der Waals surface area contributed by atoms with Crippen LogP contribution in [-0.2, 0) is 25.6 Å². The molecule has 2 amide bonds. The third-order valence-electron chi connectivity index (χ3n) is 6.93. The van der Waals surface area contributed by atoms with Gasteiger partial charge in [0.25, 0.3) is 5.91 Å². The van der Waals surface area contributed by atoms with E-state index < -0.39 is 86.7 Å². The Bertz CT molecular complexity index is 1300. The van der Waals surface area contributed by atoms with E-state index in [4.69, 9.17) is 11.5 Å². The van der Waals surface area contributed by atoms with Gasteiger partial charge in [-0.25, -0.2) is 4.39 Å². The number of anilines is 1. The average Bonchev–Trinajstić information content (AvgIpc) is 2.77. The first kappa shape index (κ1) is 25.3. The number of amides is 2. The van der Waals surface area contributed by atoms with Crippen LogP contribution in [-0.4, -0.2) is 81.0 Å². The van der Waals surface area contributed by atoms with Gasteiger partial charge in [-0.1, -0.05) is 0 Å². The van der Waals surface area contributed by atoms with Gasteiger partial charge in [0.05, 0.1) is 23.8 Å². The van der Waals surface area contributed by atoms with Crippen LogP contribution in [0.3, 0.4) is 0 Å². The Balaban J connectivity index is 1.88. The van der Waals surface area contributed by atoms with E-state index >= 15 is 4.39 Å². The van der Waals surface area contributed by atoms with Gasteiger partial charge in [0.15, 0.2) is 17.1 Å². The van der Waals surface area contributed by atoms with Crippen molar-refractivity contribution in [3.63, 3.8) is 0 Å². The Kier molecular flexibility index (Phi) is 5.90. The average molecular weight is 504 g/mol. The van der Waals surface area contributed by atoms with E-state index in [9.17, 15) is 39.6 Å². The number of phenols is 1. The minimum Gasteiger partial charge on any atom is -0.508 e. The SMILES string of the molecule is CN(C)CC(=O)Nc1cc(F)c2c(c1O)C(O)=C1C(=O)[C@]3(O)C(O)=C(C(N)=O)C(=O)[C@H](N)[C@@H]3C[C@@H]1C2. The number of carbonyl (C=O) groups excluding carboxylic acids is 4. The van der Waals surface area contributed by atoms with Crippen molar-refractivity contribution in [3.8, 4) is 5.75 Å². The summed E-state index contributed by atoms with van der Waals surface area (Å²) in [6, 6.07) is -0.708. The first-order valence-corrected chi connectivity index (χ1v) is 10.9. The van der Waals surface area contributed by atoms with Gasteiger partial charge in [0.1, 0.15) is 22.9 Å². The van der Waals surface area contributed by atoms with E-state index in [1.165, 1.54) is 4.90 Å². The van der Waals surface area contributed by atoms with Crippen molar-refractivity contribution >= 4 is 34.8 Å². The van der Waals surface area contributed by atoms with E-state index in [0.29, 0.717) is 0 Å². The van der Waals surface area contributed by atoms with Gasteiger partial charge in [0, 0.05) is 23.1 Å². The number of aliphatic hydroxyl groups is 3. The molecule has 1 fully saturated rings. The molecule has 1 saturated carbocycles. The van der Waals surface area contributed by atoms with Gasteiger partial charge in [0.2, 0.25) is 11.7 Å². The van der Waals surface area contributed by atoms with Gasteiger partial charge in [-0.05, 0) is 32.9 Å². The largest absolute Gasteiger partial charge is 0.508 e. The summed E-state index contributed by atoms with van der Waals surface area (Å²) in [5.74, 6) is -10.4. The highest BCUT2D eigenvalue weighted by molar-refractivity contribution is 6.24. The zero-order valence-electron chi connectivity index (χ0n) is 19.3. The zero-order valence-corrected chi connectivity index (χ0v) is 19.3. The van der Waals surface area contributed by atoms with E-state index in [1.54, 1.807) is 14.1 Å². The lowest BCUT2D eigenvalue weighted by Gasteiger charge is -2.48. The van der Waals surface area contributed by atoms with E-state index in [0.717, 1.165) is 6.07 Å². The molecule has 0 unspecified atom stereocenters. The minimum absolute atomic E-state index is 0.0903. The van der Waals surface area contributed by atoms with E-state index in [-0.39, 0.29) is 30.6 Å². The molecule has 0 radical (unpaired) electrons. The lowest BCUT2D eigenvalue weighted by atomic mass is 9.58. The molecular formula is C23H25FN4O8. The first-order valence-electron chi connectivity index (χ1n) is 10.9. The summed E-state index contributed by atoms with van der Waals surface area (Å²) in [7, 11) is 3.24. The van der Waals surface area contributed by atoms with Crippen LogP contribution >= 0.6 is 0 Å². The van der Waals surface area contributed by atoms with Crippen LogP contribution in [0, 0.1) is 17.7 Å². The highest BCUT2D eigenvalue weighted by atomic mass is 19.1. The molecule has 9 N–H and O–H groups in total. The maximum absolute atomic E-state index is 15.1. The third kappa shape index (κ3) is 3.46. The highest BCUT2D eigenvalue weighted by Gasteiger charge is 2.63. The predicted molar refractivity (Wildman–Crippen MR) is 122 cm³/mol. The summed E-state index contributed by atoms with van der Waals surface area (Å²) in [6.45, 7) is -0.0903. The fourth-order valence-corrected chi connectivity index (χ4v) is 5.31. The number of rotatable bonds is 4. The molecule has 4 rings (SSSR count). The van der Waals surface area contributed by atoms with Crippen molar-refractivity contribution in [2.45, 2.75) is 24.5 Å². The molecule has 0 spiro atoms. The fraction of sp³-hybridized carbons (Fsp3) is 0.391. The summed E-state index contributed by atoms with van der Waals surface area (Å²) in [4.78, 5) is 51.5. The number of nitrogens with one attached hydrogen (secondary N) is 1. The van der Waals surface area contributed by atoms with Gasteiger partial charge < -0.3 is 42.1 Å². The Morgan fingerprint density at radius 3 is 2.47 bits per heavy atom. The van der Waals surface area contributed by atoms with Crippen molar-refractivity contribution in [1.29, 1.82) is 0 Å². The minimum atomic E-state index is -2.86. The molecule has 0 aliphatic heterocycles. The molecule has 0 saturated heterocycles. The number of Topliss-reactive ketones (excluding diaryl/α,β-unsaturated/α-hetero) is 2. The van der Waals surface area contributed by atoms with Crippen LogP contribution in [0.5, 0.6) is 5.75 Å². The Morgan fingerprint density at radius 2 is 1.89 bits per heavy atom. The summed E-state index contributed by atoms with van der Waals surface area (Å²) in [5.41, 5.74) is 5.76. The lowest BCUT2D eigenvalue weighted by Crippen LogP contribution is -2.65. The molecule has 13 heteroatoms. The molecule has 4 atom stereocenters. The number of hydrogen-bond donors (Lipinski definition) is 7. The quantitative estimate of drug-likeness (QED) is 0.196. The number of hydrogen-bond acceptors (Lipinski definition) is 10. The number of aromatic hydroxyl groups is 1. The number of aliphatic hydroxyl groups excluding tert-OH is 2. The lowest BCUT2D eigenvalue weighted by molar-refractivity contribution is -0.149. The Morgan fingerprint density at radius 1 is 1.25 bits per heavy atom. The number of halogens is 1. The van der Waals surface area contributed by atoms with Crippen LogP contribution < -0.4 is 16.8 Å². The molecule has 1 aromatic rings. The van der Waals surface area contributed by atoms with Crippen LogP contribution in [0.2, 0.25) is 0 Å². The number of phenolic OH excluding ortho intramolecular Hbond substituents is 1. The number of carbonyl (C=O) groups is 4. The molecule has 1 aromatic carbocycles. The molecule has 12 nitrogen and oxygen atoms in total. The maximum atomic E-state index is 15.1. The predicted octanol–water partition coefficient (Wildman–Crippen LogP) is -1.000. The Hall–Kier alpha value is -3.81. The second-order valence-corrected chi connectivity index (χ2v) is 9.47. The topological polar surface area (TPSA) is 217 Å². The number of likely N-dealkylation sites (N-methyl/N-ethyl adjacent to an activating group) is 1. The van der Waals surface area contributed by atoms with E-state index in [2.05, 4.69) is 5.32 Å². The normalized spacial score (nSPS) is 27.6. The van der Waals surface area contributed by atoms with Gasteiger partial charge >= 0.3 is 0 Å². The monoisotopic (exact) mass is 504 g/mol. The molecule has 3 aliphatic carbocycles. The summed E-state index contributed by atoms with van der Waals surface area (Å²) in [6.07, 6.45) is -0.474. The van der Waals surface area contributed by atoms with Gasteiger partial charge in [-0.3, -0.25) is 19.2 Å². The number of nitrogens with zero attached hydrogens (tertiary/aromatic N) is 1. The standard InChI is InChI=1S/C23H25FN4O8/c1-28(2)6-12(29)27-11-5-10(24)8-3-7-4-9-16(25)19(32)15(22(26)35)21(34)23(9,36)20(33)13(7)18(31)14(8)17(11)30/h5,7,9,16,30-31,34,36H,3-4,6,25H2,1-2H3,(H2,26,35)(H,27,29)/t7-,9-,16+,23-/m0/s1. The third-order valence-corrected chi connectivity index (χ3v) is 6.93. The van der Waals surface area contributed by atoms with Gasteiger partial charge in [-0.15, -0.1) is 0 Å². The van der Waals surface area contributed by atoms with Crippen molar-refractivity contribution in [2.24, 2.45) is 23.3 Å². The number of benzene rings is 1. The molecule has 0 aromatic heterocycles. The second-order valence-electron chi connectivity index (χ2n) is 9.47. The summed E-state index contributed by atoms with van der Waals surface area (Å²) < 4.78 is 15.1. The van der Waals surface area contributed by atoms with Crippen LogP contribution in [0.4, 0.5) is 10.1 Å². The molecule has 0 bridgehead atoms. The molecule has 0 heterocycles. The van der Waals surface area contributed by atoms with Crippen molar-refractivity contribution in [3.05, 3.63) is 39.9 Å². The van der Waals surface area contributed by atoms with E-state index in [1.807, 2.05) is 0 Å². The highest BCUT2D eigenvalue weighted by Crippen LogP contribution is 2.52. The summed E-state index contributed by atoms with van der Waals surface area (Å²) >= 11 is 0. The number of nitrogens with two attached hydrogens (primary N) is 2. The van der Waals surface area contributed by atoms with Gasteiger partial charge in [-0.2, -0.15) is 0 Å². The Labute approximate surface area is 203 Å². The molecule has 192 valence electrons.